The molecule has 0 unspecified atom stereocenters. The second-order valence-corrected chi connectivity index (χ2v) is 5.47. The van der Waals surface area contributed by atoms with E-state index in [1.807, 2.05) is 12.2 Å². The lowest BCUT2D eigenvalue weighted by atomic mass is 10.1. The Labute approximate surface area is 117 Å². The fourth-order valence-electron chi connectivity index (χ4n) is 1.76. The van der Waals surface area contributed by atoms with Gasteiger partial charge in [-0.1, -0.05) is 77.9 Å². The van der Waals surface area contributed by atoms with E-state index in [1.165, 1.54) is 57.8 Å². The molecule has 0 saturated heterocycles. The summed E-state index contributed by atoms with van der Waals surface area (Å²) in [7, 11) is 0. The first-order valence-corrected chi connectivity index (χ1v) is 7.90. The highest BCUT2D eigenvalue weighted by Crippen LogP contribution is 2.09. The van der Waals surface area contributed by atoms with E-state index in [0.717, 1.165) is 12.3 Å². The van der Waals surface area contributed by atoms with Crippen molar-refractivity contribution in [1.82, 2.24) is 0 Å². The van der Waals surface area contributed by atoms with Gasteiger partial charge in [-0.2, -0.15) is 0 Å². The number of hydrogen-bond acceptors (Lipinski definition) is 0. The molecule has 0 saturated carbocycles. The van der Waals surface area contributed by atoms with Crippen LogP contribution in [-0.4, -0.2) is 0 Å². The van der Waals surface area contributed by atoms with Gasteiger partial charge in [-0.25, -0.2) is 0 Å². The van der Waals surface area contributed by atoms with E-state index in [1.54, 1.807) is 0 Å². The highest BCUT2D eigenvalue weighted by atomic mass is 14.0. The molecule has 0 N–H and O–H groups in total. The minimum atomic E-state index is 0.780. The highest BCUT2D eigenvalue weighted by molar-refractivity contribution is 4.67. The van der Waals surface area contributed by atoms with Crippen LogP contribution in [0.5, 0.6) is 0 Å². The molecule has 0 heteroatoms. The highest BCUT2D eigenvalue weighted by Gasteiger charge is 1.89. The Morgan fingerprint density at radius 2 is 1.28 bits per heavy atom. The molecule has 0 aliphatic rings. The molecular formula is C18H36. The topological polar surface area (TPSA) is 0 Å². The van der Waals surface area contributed by atoms with E-state index in [-0.39, 0.29) is 0 Å². The van der Waals surface area contributed by atoms with Crippen molar-refractivity contribution in [3.8, 4) is 0 Å². The van der Waals surface area contributed by atoms with Crippen molar-refractivity contribution in [2.75, 3.05) is 0 Å². The molecule has 108 valence electrons. The Hall–Kier alpha value is -0.520. The van der Waals surface area contributed by atoms with Crippen LogP contribution in [0.25, 0.3) is 0 Å². The number of allylic oxidation sites excluding steroid dienone is 2. The molecule has 0 aromatic carbocycles. The van der Waals surface area contributed by atoms with Crippen LogP contribution in [0.4, 0.5) is 0 Å². The zero-order valence-corrected chi connectivity index (χ0v) is 13.2. The summed E-state index contributed by atoms with van der Waals surface area (Å²) in [6.45, 7) is 14.0. The summed E-state index contributed by atoms with van der Waals surface area (Å²) in [5, 5.41) is 0. The molecule has 0 nitrogen and oxygen atoms in total. The monoisotopic (exact) mass is 252 g/mol. The van der Waals surface area contributed by atoms with Crippen LogP contribution >= 0.6 is 0 Å². The van der Waals surface area contributed by atoms with Crippen molar-refractivity contribution in [3.05, 3.63) is 25.3 Å². The summed E-state index contributed by atoms with van der Waals surface area (Å²) in [4.78, 5) is 0. The summed E-state index contributed by atoms with van der Waals surface area (Å²) in [5.41, 5.74) is 0. The third-order valence-electron chi connectivity index (χ3n) is 2.90. The van der Waals surface area contributed by atoms with Crippen molar-refractivity contribution in [2.45, 2.75) is 85.0 Å². The number of unbranched alkanes of at least 4 members (excludes halogenated alkanes) is 8. The summed E-state index contributed by atoms with van der Waals surface area (Å²) in [6, 6.07) is 0. The van der Waals surface area contributed by atoms with Gasteiger partial charge < -0.3 is 0 Å². The van der Waals surface area contributed by atoms with Crippen molar-refractivity contribution in [2.24, 2.45) is 5.92 Å². The Kier molecular flexibility index (Phi) is 20.7. The van der Waals surface area contributed by atoms with Crippen LogP contribution in [0, 0.1) is 5.92 Å². The fourth-order valence-corrected chi connectivity index (χ4v) is 1.76. The Morgan fingerprint density at radius 3 is 1.61 bits per heavy atom. The molecule has 0 aliphatic carbocycles. The largest absolute Gasteiger partial charge is 0.103 e. The van der Waals surface area contributed by atoms with E-state index in [9.17, 15) is 0 Å². The zero-order valence-electron chi connectivity index (χ0n) is 13.2. The van der Waals surface area contributed by atoms with E-state index >= 15 is 0 Å². The van der Waals surface area contributed by atoms with Gasteiger partial charge in [-0.05, 0) is 25.2 Å². The average Bonchev–Trinajstić information content (AvgIpc) is 2.33. The van der Waals surface area contributed by atoms with Crippen molar-refractivity contribution in [3.63, 3.8) is 0 Å². The van der Waals surface area contributed by atoms with Crippen molar-refractivity contribution in [1.29, 1.82) is 0 Å². The lowest BCUT2D eigenvalue weighted by Gasteiger charge is -1.99. The number of rotatable bonds is 11. The molecule has 0 aromatic heterocycles. The van der Waals surface area contributed by atoms with E-state index in [4.69, 9.17) is 0 Å². The molecule has 0 fully saturated rings. The van der Waals surface area contributed by atoms with Gasteiger partial charge in [-0.15, -0.1) is 13.2 Å². The number of hydrogen-bond donors (Lipinski definition) is 0. The first-order valence-electron chi connectivity index (χ1n) is 7.90. The molecule has 0 aromatic rings. The van der Waals surface area contributed by atoms with Gasteiger partial charge in [0.15, 0.2) is 0 Å². The molecule has 0 aliphatic heterocycles. The zero-order chi connectivity index (χ0) is 14.1. The molecule has 18 heavy (non-hydrogen) atoms. The lowest BCUT2D eigenvalue weighted by Crippen LogP contribution is -1.79. The molecule has 0 bridgehead atoms. The lowest BCUT2D eigenvalue weighted by molar-refractivity contribution is 0.578. The average molecular weight is 252 g/mol. The second-order valence-electron chi connectivity index (χ2n) is 5.47. The van der Waals surface area contributed by atoms with Crippen LogP contribution in [0.1, 0.15) is 85.0 Å². The molecular weight excluding hydrogens is 216 g/mol. The molecule has 0 rings (SSSR count). The van der Waals surface area contributed by atoms with Gasteiger partial charge in [0.1, 0.15) is 0 Å². The Bertz CT molecular complexity index is 155. The standard InChI is InChI=1S/C12H24.C6H12/c1-3-5-7-9-11-12-10-8-6-4-2;1-4-5-6(2)3/h3H,1,4-12H2,2H3;4,6H,1,5H2,2-3H3. The molecule has 0 radical (unpaired) electrons. The third kappa shape index (κ3) is 24.6. The maximum atomic E-state index is 3.72. The van der Waals surface area contributed by atoms with E-state index in [2.05, 4.69) is 33.9 Å². The summed E-state index contributed by atoms with van der Waals surface area (Å²) in [5.74, 6) is 0.780. The van der Waals surface area contributed by atoms with E-state index < -0.39 is 0 Å². The van der Waals surface area contributed by atoms with Crippen LogP contribution < -0.4 is 0 Å². The van der Waals surface area contributed by atoms with Crippen molar-refractivity contribution >= 4 is 0 Å². The van der Waals surface area contributed by atoms with Gasteiger partial charge >= 0.3 is 0 Å². The minimum absolute atomic E-state index is 0.780. The fraction of sp³-hybridized carbons (Fsp3) is 0.778. The van der Waals surface area contributed by atoms with Crippen LogP contribution in [0.15, 0.2) is 25.3 Å². The molecule has 0 spiro atoms. The van der Waals surface area contributed by atoms with Gasteiger partial charge in [0.2, 0.25) is 0 Å². The predicted octanol–water partition coefficient (Wildman–Crippen LogP) is 6.92. The first-order chi connectivity index (χ1) is 8.68. The summed E-state index contributed by atoms with van der Waals surface area (Å²) < 4.78 is 0. The Balaban J connectivity index is 0. The quantitative estimate of drug-likeness (QED) is 0.276. The Morgan fingerprint density at radius 1 is 0.778 bits per heavy atom. The molecule has 0 heterocycles. The minimum Gasteiger partial charge on any atom is -0.103 e. The van der Waals surface area contributed by atoms with Crippen LogP contribution in [0.3, 0.4) is 0 Å². The second kappa shape index (κ2) is 18.8. The molecule has 0 atom stereocenters. The van der Waals surface area contributed by atoms with Crippen LogP contribution in [0.2, 0.25) is 0 Å². The normalized spacial score (nSPS) is 9.78. The molecule has 0 amide bonds. The summed E-state index contributed by atoms with van der Waals surface area (Å²) >= 11 is 0. The summed E-state index contributed by atoms with van der Waals surface area (Å²) in [6.07, 6.45) is 17.6. The van der Waals surface area contributed by atoms with Crippen LogP contribution in [-0.2, 0) is 0 Å². The van der Waals surface area contributed by atoms with E-state index in [0.29, 0.717) is 0 Å². The first kappa shape index (κ1) is 19.8. The smallest absolute Gasteiger partial charge is 0.0330 e. The maximum Gasteiger partial charge on any atom is -0.0330 e. The predicted molar refractivity (Wildman–Crippen MR) is 87.1 cm³/mol. The van der Waals surface area contributed by atoms with Gasteiger partial charge in [0.25, 0.3) is 0 Å². The van der Waals surface area contributed by atoms with Gasteiger partial charge in [0, 0.05) is 0 Å². The SMILES string of the molecule is C=CCC(C)C.C=CCCCCCCCCCC. The maximum absolute atomic E-state index is 3.72. The van der Waals surface area contributed by atoms with Gasteiger partial charge in [0.05, 0.1) is 0 Å². The third-order valence-corrected chi connectivity index (χ3v) is 2.90. The van der Waals surface area contributed by atoms with Gasteiger partial charge in [-0.3, -0.25) is 0 Å². The van der Waals surface area contributed by atoms with Crippen molar-refractivity contribution < 1.29 is 0 Å².